The molecule has 0 bridgehead atoms. The Morgan fingerprint density at radius 1 is 1.26 bits per heavy atom. The van der Waals surface area contributed by atoms with Crippen molar-refractivity contribution in [3.63, 3.8) is 0 Å². The van der Waals surface area contributed by atoms with E-state index in [-0.39, 0.29) is 6.42 Å². The number of aliphatic imine (C=N–C) groups is 1. The lowest BCUT2D eigenvalue weighted by atomic mass is 10.0. The molecule has 2 aliphatic rings. The summed E-state index contributed by atoms with van der Waals surface area (Å²) in [4.78, 5) is 38.9. The van der Waals surface area contributed by atoms with Crippen LogP contribution >= 0.6 is 27.5 Å². The molecule has 1 aliphatic heterocycles. The van der Waals surface area contributed by atoms with Crippen molar-refractivity contribution in [1.82, 2.24) is 14.5 Å². The largest absolute Gasteiger partial charge is 0.466 e. The lowest BCUT2D eigenvalue weighted by molar-refractivity contribution is -0.169. The summed E-state index contributed by atoms with van der Waals surface area (Å²) in [7, 11) is 1.29. The molecule has 1 fully saturated rings. The Bertz CT molecular complexity index is 1350. The topological polar surface area (TPSA) is 95.7 Å². The van der Waals surface area contributed by atoms with Crippen LogP contribution in [0.4, 0.5) is 0 Å². The summed E-state index contributed by atoms with van der Waals surface area (Å²) in [5.41, 5.74) is 2.81. The van der Waals surface area contributed by atoms with E-state index in [1.165, 1.54) is 7.11 Å². The zero-order valence-corrected chi connectivity index (χ0v) is 21.5. The van der Waals surface area contributed by atoms with Crippen molar-refractivity contribution in [2.24, 2.45) is 4.99 Å². The van der Waals surface area contributed by atoms with Crippen LogP contribution in [-0.2, 0) is 19.1 Å². The van der Waals surface area contributed by atoms with Gasteiger partial charge in [-0.2, -0.15) is 0 Å². The normalized spacial score (nSPS) is 17.5. The summed E-state index contributed by atoms with van der Waals surface area (Å²) in [5, 5.41) is 0.547. The number of methoxy groups -OCH3 is 1. The Morgan fingerprint density at radius 3 is 2.74 bits per heavy atom. The second kappa shape index (κ2) is 9.20. The SMILES string of the molecule is COC(=O)C1(OC(=O)CC[C@@H]2N=C(c3ccccn3)c3cc(Cl)c(Br)cc3-n3c(C)cnc32)CC1. The van der Waals surface area contributed by atoms with E-state index in [0.717, 1.165) is 21.4 Å². The molecule has 0 radical (unpaired) electrons. The quantitative estimate of drug-likeness (QED) is 0.400. The zero-order valence-electron chi connectivity index (χ0n) is 19.1. The number of imidazole rings is 1. The average Bonchev–Trinajstić information content (AvgIpc) is 3.56. The number of ether oxygens (including phenoxy) is 2. The number of esters is 2. The van der Waals surface area contributed by atoms with E-state index in [1.807, 2.05) is 41.8 Å². The van der Waals surface area contributed by atoms with Crippen LogP contribution in [0.15, 0.2) is 52.2 Å². The molecule has 8 nitrogen and oxygen atoms in total. The van der Waals surface area contributed by atoms with Crippen molar-refractivity contribution in [1.29, 1.82) is 0 Å². The minimum atomic E-state index is -1.13. The number of hydrogen-bond donors (Lipinski definition) is 0. The van der Waals surface area contributed by atoms with E-state index >= 15 is 0 Å². The molecule has 0 spiro atoms. The Hall–Kier alpha value is -3.04. The van der Waals surface area contributed by atoms with E-state index in [2.05, 4.69) is 25.9 Å². The number of halogens is 2. The number of pyridine rings is 1. The van der Waals surface area contributed by atoms with Gasteiger partial charge in [0.25, 0.3) is 0 Å². The van der Waals surface area contributed by atoms with Crippen LogP contribution in [0.2, 0.25) is 5.02 Å². The summed E-state index contributed by atoms with van der Waals surface area (Å²) in [5.74, 6) is -0.282. The van der Waals surface area contributed by atoms with Gasteiger partial charge in [-0.25, -0.2) is 9.78 Å². The van der Waals surface area contributed by atoms with Gasteiger partial charge < -0.3 is 9.47 Å². The molecule has 10 heteroatoms. The van der Waals surface area contributed by atoms with Gasteiger partial charge in [-0.15, -0.1) is 0 Å². The van der Waals surface area contributed by atoms with Gasteiger partial charge in [-0.3, -0.25) is 19.3 Å². The fourth-order valence-corrected chi connectivity index (χ4v) is 4.76. The molecular formula is C25H22BrClN4O4. The predicted molar refractivity (Wildman–Crippen MR) is 133 cm³/mol. The highest BCUT2D eigenvalue weighted by atomic mass is 79.9. The third-order valence-corrected chi connectivity index (χ3v) is 7.38. The first kappa shape index (κ1) is 23.7. The second-order valence-corrected chi connectivity index (χ2v) is 9.85. The fraction of sp³-hybridized carbons (Fsp3) is 0.320. The molecule has 0 unspecified atom stereocenters. The predicted octanol–water partition coefficient (Wildman–Crippen LogP) is 4.91. The van der Waals surface area contributed by atoms with E-state index in [0.29, 0.717) is 41.5 Å². The van der Waals surface area contributed by atoms with Gasteiger partial charge in [0.15, 0.2) is 0 Å². The standard InChI is InChI=1S/C25H22BrClN4O4/c1-14-13-29-23-19(6-7-21(32)35-25(8-9-25)24(33)34-2)30-22(18-5-3-4-10-28-18)15-11-17(27)16(26)12-20(15)31(14)23/h3-5,10-13,19H,6-9H2,1-2H3/t19-/m0/s1. The van der Waals surface area contributed by atoms with Gasteiger partial charge in [0, 0.05) is 47.4 Å². The summed E-state index contributed by atoms with van der Waals surface area (Å²) in [6, 6.07) is 8.98. The summed E-state index contributed by atoms with van der Waals surface area (Å²) in [6.45, 7) is 1.97. The minimum Gasteiger partial charge on any atom is -0.466 e. The molecule has 0 amide bonds. The van der Waals surface area contributed by atoms with Gasteiger partial charge in [-0.05, 0) is 53.5 Å². The Balaban J connectivity index is 1.53. The molecule has 1 saturated carbocycles. The van der Waals surface area contributed by atoms with Crippen molar-refractivity contribution in [3.8, 4) is 5.69 Å². The first-order valence-electron chi connectivity index (χ1n) is 11.2. The van der Waals surface area contributed by atoms with E-state index in [4.69, 9.17) is 26.1 Å². The number of nitrogens with zero attached hydrogens (tertiary/aromatic N) is 4. The molecule has 3 aromatic rings. The number of carbonyl (C=O) groups excluding carboxylic acids is 2. The number of fused-ring (bicyclic) bond motifs is 3. The molecule has 0 N–H and O–H groups in total. The fourth-order valence-electron chi connectivity index (χ4n) is 4.27. The molecule has 1 aliphatic carbocycles. The van der Waals surface area contributed by atoms with Crippen LogP contribution in [0.25, 0.3) is 5.69 Å². The highest BCUT2D eigenvalue weighted by Gasteiger charge is 2.55. The van der Waals surface area contributed by atoms with E-state index in [9.17, 15) is 9.59 Å². The average molecular weight is 558 g/mol. The molecule has 180 valence electrons. The van der Waals surface area contributed by atoms with E-state index in [1.54, 1.807) is 12.4 Å². The number of aryl methyl sites for hydroxylation is 1. The molecule has 0 saturated heterocycles. The third kappa shape index (κ3) is 4.38. The lowest BCUT2D eigenvalue weighted by Gasteiger charge is -2.16. The van der Waals surface area contributed by atoms with Crippen molar-refractivity contribution in [3.05, 3.63) is 75.0 Å². The molecule has 2 aromatic heterocycles. The second-order valence-electron chi connectivity index (χ2n) is 8.58. The molecule has 1 aromatic carbocycles. The summed E-state index contributed by atoms with van der Waals surface area (Å²) >= 11 is 10.0. The van der Waals surface area contributed by atoms with Gasteiger partial charge in [0.05, 0.1) is 29.2 Å². The lowest BCUT2D eigenvalue weighted by Crippen LogP contribution is -2.30. The van der Waals surface area contributed by atoms with Crippen LogP contribution in [0.5, 0.6) is 0 Å². The first-order valence-corrected chi connectivity index (χ1v) is 12.3. The van der Waals surface area contributed by atoms with Gasteiger partial charge in [0.2, 0.25) is 5.60 Å². The zero-order chi connectivity index (χ0) is 24.7. The van der Waals surface area contributed by atoms with Crippen molar-refractivity contribution < 1.29 is 19.1 Å². The highest BCUT2D eigenvalue weighted by molar-refractivity contribution is 9.10. The highest BCUT2D eigenvalue weighted by Crippen LogP contribution is 2.42. The molecule has 5 rings (SSSR count). The molecule has 35 heavy (non-hydrogen) atoms. The van der Waals surface area contributed by atoms with Crippen LogP contribution < -0.4 is 0 Å². The monoisotopic (exact) mass is 556 g/mol. The number of benzene rings is 1. The Kier molecular flexibility index (Phi) is 6.23. The van der Waals surface area contributed by atoms with Crippen LogP contribution in [-0.4, -0.2) is 44.9 Å². The van der Waals surface area contributed by atoms with Crippen LogP contribution in [0.3, 0.4) is 0 Å². The molecule has 3 heterocycles. The van der Waals surface area contributed by atoms with Crippen LogP contribution in [0, 0.1) is 6.92 Å². The van der Waals surface area contributed by atoms with Crippen molar-refractivity contribution in [2.45, 2.75) is 44.2 Å². The van der Waals surface area contributed by atoms with Crippen molar-refractivity contribution >= 4 is 45.2 Å². The van der Waals surface area contributed by atoms with Crippen molar-refractivity contribution in [2.75, 3.05) is 7.11 Å². The Labute approximate surface area is 215 Å². The van der Waals surface area contributed by atoms with Gasteiger partial charge in [-0.1, -0.05) is 17.7 Å². The summed E-state index contributed by atoms with van der Waals surface area (Å²) < 4.78 is 13.1. The first-order chi connectivity index (χ1) is 16.8. The maximum atomic E-state index is 12.7. The van der Waals surface area contributed by atoms with Gasteiger partial charge >= 0.3 is 11.9 Å². The molecular weight excluding hydrogens is 536 g/mol. The number of rotatable bonds is 6. The minimum absolute atomic E-state index is 0.0646. The van der Waals surface area contributed by atoms with E-state index < -0.39 is 23.6 Å². The number of carbonyl (C=O) groups is 2. The van der Waals surface area contributed by atoms with Gasteiger partial charge in [0.1, 0.15) is 11.9 Å². The van der Waals surface area contributed by atoms with Crippen LogP contribution in [0.1, 0.15) is 54.5 Å². The maximum absolute atomic E-state index is 12.7. The maximum Gasteiger partial charge on any atom is 0.350 e. The smallest absolute Gasteiger partial charge is 0.350 e. The third-order valence-electron chi connectivity index (χ3n) is 6.18. The summed E-state index contributed by atoms with van der Waals surface area (Å²) in [6.07, 6.45) is 4.85. The molecule has 1 atom stereocenters. The number of hydrogen-bond acceptors (Lipinski definition) is 7. The Morgan fingerprint density at radius 2 is 2.06 bits per heavy atom. The number of aromatic nitrogens is 3.